The zero-order valence-electron chi connectivity index (χ0n) is 20.6. The highest BCUT2D eigenvalue weighted by Gasteiger charge is 2.15. The molecule has 7 nitrogen and oxygen atoms in total. The second-order valence-electron chi connectivity index (χ2n) is 8.85. The Bertz CT molecular complexity index is 908. The fraction of sp³-hybridized carbons (Fsp3) is 0.625. The van der Waals surface area contributed by atoms with Crippen molar-refractivity contribution in [3.8, 4) is 5.75 Å². The van der Waals surface area contributed by atoms with Crippen LogP contribution in [-0.4, -0.2) is 35.7 Å². The first-order chi connectivity index (χ1) is 14.6. The third kappa shape index (κ3) is 8.23. The van der Waals surface area contributed by atoms with Crippen LogP contribution in [0.1, 0.15) is 76.6 Å². The summed E-state index contributed by atoms with van der Waals surface area (Å²) in [6.45, 7) is 15.7. The van der Waals surface area contributed by atoms with Crippen molar-refractivity contribution in [1.29, 1.82) is 5.41 Å². The molecule has 0 saturated carbocycles. The summed E-state index contributed by atoms with van der Waals surface area (Å²) in [6.07, 6.45) is 2.30. The minimum Gasteiger partial charge on any atom is -0.497 e. The Kier molecular flexibility index (Phi) is 10.5. The quantitative estimate of drug-likeness (QED) is 0.462. The van der Waals surface area contributed by atoms with E-state index in [1.54, 1.807) is 7.11 Å². The average molecular weight is 436 g/mol. The van der Waals surface area contributed by atoms with Crippen molar-refractivity contribution in [2.24, 2.45) is 5.41 Å². The second kappa shape index (κ2) is 12.3. The molecule has 1 heterocycles. The van der Waals surface area contributed by atoms with E-state index in [9.17, 15) is 4.79 Å². The molecule has 178 valence electrons. The summed E-state index contributed by atoms with van der Waals surface area (Å²) in [5.41, 5.74) is 2.08. The van der Waals surface area contributed by atoms with Crippen LogP contribution in [0.4, 0.5) is 5.82 Å². The average Bonchev–Trinajstić information content (AvgIpc) is 2.70. The number of hydrogen-bond donors (Lipinski definition) is 3. The van der Waals surface area contributed by atoms with Crippen molar-refractivity contribution in [2.75, 3.05) is 25.5 Å². The number of nitrogens with one attached hydrogen (secondary N) is 3. The van der Waals surface area contributed by atoms with Gasteiger partial charge >= 0.3 is 0 Å². The number of fused-ring (bicyclic) bond motifs is 1. The lowest BCUT2D eigenvalue weighted by Gasteiger charge is -2.18. The Labute approximate surface area is 190 Å². The number of rotatable bonds is 9. The van der Waals surface area contributed by atoms with Crippen LogP contribution < -0.4 is 20.9 Å². The molecule has 1 aromatic heterocycles. The van der Waals surface area contributed by atoms with Crippen molar-refractivity contribution >= 4 is 22.8 Å². The van der Waals surface area contributed by atoms with Gasteiger partial charge < -0.3 is 19.9 Å². The van der Waals surface area contributed by atoms with Crippen LogP contribution in [0.3, 0.4) is 0 Å². The molecule has 0 unspecified atom stereocenters. The molecule has 1 amide bonds. The van der Waals surface area contributed by atoms with Gasteiger partial charge in [0.05, 0.1) is 18.1 Å². The van der Waals surface area contributed by atoms with Crippen molar-refractivity contribution in [1.82, 2.24) is 14.9 Å². The Morgan fingerprint density at radius 1 is 1.23 bits per heavy atom. The summed E-state index contributed by atoms with van der Waals surface area (Å²) >= 11 is 0. The van der Waals surface area contributed by atoms with Crippen molar-refractivity contribution < 1.29 is 12.4 Å². The minimum absolute atomic E-state index is 0. The lowest BCUT2D eigenvalue weighted by molar-refractivity contribution is -0.122. The number of ether oxygens (including phenoxy) is 1. The highest BCUT2D eigenvalue weighted by atomic mass is 16.5. The van der Waals surface area contributed by atoms with E-state index in [2.05, 4.69) is 50.2 Å². The molecule has 2 rings (SSSR count). The van der Waals surface area contributed by atoms with E-state index >= 15 is 0 Å². The Hall–Kier alpha value is -2.57. The van der Waals surface area contributed by atoms with Gasteiger partial charge in [0, 0.05) is 34.5 Å². The van der Waals surface area contributed by atoms with Crippen LogP contribution in [0.25, 0.3) is 11.0 Å². The molecule has 7 heteroatoms. The van der Waals surface area contributed by atoms with E-state index < -0.39 is 0 Å². The fourth-order valence-corrected chi connectivity index (χ4v) is 3.21. The first-order valence-electron chi connectivity index (χ1n) is 11.3. The van der Waals surface area contributed by atoms with Gasteiger partial charge in [-0.1, -0.05) is 34.6 Å². The molecule has 2 aromatic rings. The summed E-state index contributed by atoms with van der Waals surface area (Å²) in [7, 11) is 1.64. The molecule has 1 aromatic carbocycles. The van der Waals surface area contributed by atoms with E-state index in [-0.39, 0.29) is 20.2 Å². The summed E-state index contributed by atoms with van der Waals surface area (Å²) in [5, 5.41) is 14.8. The second-order valence-corrected chi connectivity index (χ2v) is 8.85. The fourth-order valence-electron chi connectivity index (χ4n) is 3.21. The Morgan fingerprint density at radius 2 is 1.87 bits per heavy atom. The lowest BCUT2D eigenvalue weighted by atomic mass is 9.92. The van der Waals surface area contributed by atoms with Gasteiger partial charge in [0.15, 0.2) is 11.3 Å². The number of anilines is 1. The number of nitrogens with zero attached hydrogens (tertiary/aromatic N) is 2. The van der Waals surface area contributed by atoms with Crippen LogP contribution >= 0.6 is 0 Å². The number of aromatic nitrogens is 2. The number of unbranched alkanes of at least 4 members (excludes halogenated alkanes) is 1. The van der Waals surface area contributed by atoms with Crippen LogP contribution in [-0.2, 0) is 4.79 Å². The highest BCUT2D eigenvalue weighted by molar-refractivity contribution is 5.78. The van der Waals surface area contributed by atoms with Gasteiger partial charge in [-0.25, -0.2) is 4.98 Å². The van der Waals surface area contributed by atoms with E-state index in [0.717, 1.165) is 29.6 Å². The third-order valence-electron chi connectivity index (χ3n) is 4.57. The highest BCUT2D eigenvalue weighted by Crippen LogP contribution is 2.22. The smallest absolute Gasteiger partial charge is 0.220 e. The molecular weight excluding hydrogens is 390 g/mol. The molecule has 0 saturated heterocycles. The largest absolute Gasteiger partial charge is 0.497 e. The first-order valence-corrected chi connectivity index (χ1v) is 11.3. The number of methoxy groups -OCH3 is 1. The van der Waals surface area contributed by atoms with Gasteiger partial charge in [-0.3, -0.25) is 10.2 Å². The zero-order valence-corrected chi connectivity index (χ0v) is 20.6. The van der Waals surface area contributed by atoms with Crippen molar-refractivity contribution in [3.63, 3.8) is 0 Å². The monoisotopic (exact) mass is 435 g/mol. The lowest BCUT2D eigenvalue weighted by Crippen LogP contribution is -2.29. The molecule has 3 N–H and O–H groups in total. The van der Waals surface area contributed by atoms with E-state index in [1.807, 2.05) is 36.6 Å². The molecule has 0 spiro atoms. The summed E-state index contributed by atoms with van der Waals surface area (Å²) in [5.74, 6) is 1.43. The number of benzene rings is 1. The Morgan fingerprint density at radius 3 is 2.45 bits per heavy atom. The molecule has 0 bridgehead atoms. The van der Waals surface area contributed by atoms with E-state index in [0.29, 0.717) is 30.8 Å². The third-order valence-corrected chi connectivity index (χ3v) is 4.57. The SMILES string of the molecule is CC.COc1ccc2nc(NCCCCNC(=O)CC(C)(C)C)c(=N)n(C(C)C)c2c1.[HH].[HH]. The van der Waals surface area contributed by atoms with Crippen LogP contribution in [0.5, 0.6) is 5.75 Å². The predicted octanol–water partition coefficient (Wildman–Crippen LogP) is 5.37. The predicted molar refractivity (Wildman–Crippen MR) is 133 cm³/mol. The summed E-state index contributed by atoms with van der Waals surface area (Å²) in [6, 6.07) is 5.85. The Balaban J connectivity index is 0. The molecule has 0 radical (unpaired) electrons. The van der Waals surface area contributed by atoms with Gasteiger partial charge in [-0.2, -0.15) is 0 Å². The van der Waals surface area contributed by atoms with Gasteiger partial charge in [-0.05, 0) is 44.2 Å². The van der Waals surface area contributed by atoms with Gasteiger partial charge in [0.2, 0.25) is 5.91 Å². The molecule has 0 aliphatic heterocycles. The molecule has 0 aliphatic rings. The normalized spacial score (nSPS) is 11.1. The number of carbonyl (C=O) groups is 1. The molecular formula is C24H45N5O2. The first kappa shape index (κ1) is 26.5. The standard InChI is InChI=1S/C22H35N5O2.C2H6.2H2/c1-15(2)27-18-13-16(29-6)9-10-17(18)26-21(20(27)23)25-12-8-7-11-24-19(28)14-22(3,4)5;1-2;;/h9-10,13,15,23H,7-8,11-12,14H2,1-6H3,(H,24,28)(H,25,26);1-2H3;2*1H. The molecule has 0 atom stereocenters. The maximum atomic E-state index is 11.9. The molecule has 31 heavy (non-hydrogen) atoms. The van der Waals surface area contributed by atoms with Crippen molar-refractivity contribution in [2.45, 2.75) is 73.8 Å². The van der Waals surface area contributed by atoms with Crippen molar-refractivity contribution in [3.05, 3.63) is 23.7 Å². The maximum Gasteiger partial charge on any atom is 0.220 e. The zero-order chi connectivity index (χ0) is 23.6. The number of amides is 1. The van der Waals surface area contributed by atoms with Gasteiger partial charge in [0.25, 0.3) is 0 Å². The maximum absolute atomic E-state index is 11.9. The minimum atomic E-state index is 0. The number of carbonyl (C=O) groups excluding carboxylic acids is 1. The molecule has 0 fully saturated rings. The molecule has 0 aliphatic carbocycles. The number of hydrogen-bond acceptors (Lipinski definition) is 5. The van der Waals surface area contributed by atoms with E-state index in [1.165, 1.54) is 0 Å². The van der Waals surface area contributed by atoms with Crippen LogP contribution in [0, 0.1) is 10.8 Å². The summed E-state index contributed by atoms with van der Waals surface area (Å²) < 4.78 is 7.28. The van der Waals surface area contributed by atoms with Crippen LogP contribution in [0.15, 0.2) is 18.2 Å². The topological polar surface area (TPSA) is 92.0 Å². The van der Waals surface area contributed by atoms with Gasteiger partial charge in [0.1, 0.15) is 5.75 Å². The van der Waals surface area contributed by atoms with Crippen LogP contribution in [0.2, 0.25) is 0 Å². The summed E-state index contributed by atoms with van der Waals surface area (Å²) in [4.78, 5) is 16.5. The van der Waals surface area contributed by atoms with E-state index in [4.69, 9.17) is 10.1 Å². The van der Waals surface area contributed by atoms with Gasteiger partial charge in [-0.15, -0.1) is 0 Å².